The Hall–Kier alpha value is -1.47. The largest absolute Gasteiger partial charge is 0.444 e. The average Bonchev–Trinajstić information content (AvgIpc) is 2.39. The molecule has 1 N–H and O–H groups in total. The zero-order valence-electron chi connectivity index (χ0n) is 13.6. The van der Waals surface area contributed by atoms with E-state index in [1.165, 1.54) is 25.3 Å². The number of carbonyl (C=O) groups is 2. The summed E-state index contributed by atoms with van der Waals surface area (Å²) in [5.74, 6) is -1.03. The fraction of sp³-hybridized carbons (Fsp3) is 0.500. The monoisotopic (exact) mass is 389 g/mol. The van der Waals surface area contributed by atoms with Crippen LogP contribution in [-0.2, 0) is 9.47 Å². The van der Waals surface area contributed by atoms with Gasteiger partial charge in [-0.3, -0.25) is 4.79 Å². The molecule has 1 unspecified atom stereocenters. The zero-order chi connectivity index (χ0) is 17.6. The molecule has 0 heterocycles. The maximum Gasteiger partial charge on any atom is 0.407 e. The summed E-state index contributed by atoms with van der Waals surface area (Å²) in [4.78, 5) is 24.1. The van der Waals surface area contributed by atoms with E-state index in [2.05, 4.69) is 21.2 Å². The van der Waals surface area contributed by atoms with Crippen molar-refractivity contribution in [1.82, 2.24) is 5.32 Å². The Labute approximate surface area is 143 Å². The molecule has 7 heteroatoms. The molecule has 0 aromatic heterocycles. The Bertz CT molecular complexity index is 572. The lowest BCUT2D eigenvalue weighted by Gasteiger charge is -2.23. The highest BCUT2D eigenvalue weighted by Crippen LogP contribution is 2.18. The second kappa shape index (κ2) is 8.40. The summed E-state index contributed by atoms with van der Waals surface area (Å²) in [5.41, 5.74) is -0.686. The van der Waals surface area contributed by atoms with E-state index in [9.17, 15) is 14.0 Å². The van der Waals surface area contributed by atoms with Crippen LogP contribution in [0, 0.1) is 5.82 Å². The summed E-state index contributed by atoms with van der Waals surface area (Å²) >= 11 is 3.20. The number of rotatable bonds is 6. The number of ketones is 1. The summed E-state index contributed by atoms with van der Waals surface area (Å²) in [5, 5.41) is 2.57. The summed E-state index contributed by atoms with van der Waals surface area (Å²) in [6, 6.07) is 3.53. The fourth-order valence-corrected chi connectivity index (χ4v) is 2.23. The van der Waals surface area contributed by atoms with Crippen molar-refractivity contribution in [2.45, 2.75) is 38.8 Å². The molecule has 1 amide bonds. The van der Waals surface area contributed by atoms with Crippen LogP contribution in [0.3, 0.4) is 0 Å². The highest BCUT2D eigenvalue weighted by molar-refractivity contribution is 9.10. The number of hydrogen-bond donors (Lipinski definition) is 1. The highest BCUT2D eigenvalue weighted by Gasteiger charge is 2.23. The molecule has 0 spiro atoms. The van der Waals surface area contributed by atoms with Crippen molar-refractivity contribution in [2.75, 3.05) is 13.7 Å². The topological polar surface area (TPSA) is 64.6 Å². The molecule has 0 aliphatic carbocycles. The van der Waals surface area contributed by atoms with E-state index in [1.807, 2.05) is 0 Å². The molecule has 1 aromatic carbocycles. The van der Waals surface area contributed by atoms with Crippen molar-refractivity contribution in [2.24, 2.45) is 0 Å². The Morgan fingerprint density at radius 1 is 1.35 bits per heavy atom. The first kappa shape index (κ1) is 19.6. The number of nitrogens with one attached hydrogen (secondary N) is 1. The van der Waals surface area contributed by atoms with Crippen LogP contribution in [0.2, 0.25) is 0 Å². The fourth-order valence-electron chi connectivity index (χ4n) is 1.87. The molecular formula is C16H21BrFNO4. The zero-order valence-corrected chi connectivity index (χ0v) is 15.2. The minimum Gasteiger partial charge on any atom is -0.444 e. The number of amides is 1. The lowest BCUT2D eigenvalue weighted by molar-refractivity contribution is 0.0464. The van der Waals surface area contributed by atoms with E-state index in [1.54, 1.807) is 20.8 Å². The number of benzene rings is 1. The molecular weight excluding hydrogens is 369 g/mol. The summed E-state index contributed by atoms with van der Waals surface area (Å²) in [7, 11) is 1.45. The van der Waals surface area contributed by atoms with E-state index in [4.69, 9.17) is 9.47 Å². The smallest absolute Gasteiger partial charge is 0.407 e. The molecule has 1 rings (SSSR count). The number of ether oxygens (including phenoxy) is 2. The number of Topliss-reactive ketones (excluding diaryl/α,β-unsaturated/α-hetero) is 1. The first-order valence-corrected chi connectivity index (χ1v) is 7.88. The number of halogens is 2. The molecule has 128 valence electrons. The summed E-state index contributed by atoms with van der Waals surface area (Å²) in [6.45, 7) is 5.32. The third-order valence-corrected chi connectivity index (χ3v) is 3.24. The molecule has 0 fully saturated rings. The van der Waals surface area contributed by atoms with E-state index in [-0.39, 0.29) is 18.6 Å². The second-order valence-corrected chi connectivity index (χ2v) is 6.97. The van der Waals surface area contributed by atoms with Crippen LogP contribution in [0.1, 0.15) is 37.6 Å². The number of alkyl carbamates (subject to hydrolysis) is 1. The molecule has 0 saturated carbocycles. The first-order valence-electron chi connectivity index (χ1n) is 7.09. The molecule has 0 aliphatic rings. The van der Waals surface area contributed by atoms with Gasteiger partial charge in [0.15, 0.2) is 5.78 Å². The quantitative estimate of drug-likeness (QED) is 0.753. The lowest BCUT2D eigenvalue weighted by atomic mass is 10.0. The van der Waals surface area contributed by atoms with E-state index >= 15 is 0 Å². The van der Waals surface area contributed by atoms with Crippen molar-refractivity contribution < 1.29 is 23.5 Å². The summed E-state index contributed by atoms with van der Waals surface area (Å²) < 4.78 is 24.5. The molecule has 5 nitrogen and oxygen atoms in total. The highest BCUT2D eigenvalue weighted by atomic mass is 79.9. The van der Waals surface area contributed by atoms with Gasteiger partial charge in [-0.25, -0.2) is 9.18 Å². The molecule has 23 heavy (non-hydrogen) atoms. The maximum atomic E-state index is 13.8. The van der Waals surface area contributed by atoms with Crippen LogP contribution in [0.25, 0.3) is 0 Å². The normalized spacial score (nSPS) is 12.6. The van der Waals surface area contributed by atoms with Gasteiger partial charge in [0.2, 0.25) is 0 Å². The predicted molar refractivity (Wildman–Crippen MR) is 88.1 cm³/mol. The van der Waals surface area contributed by atoms with Gasteiger partial charge in [-0.15, -0.1) is 0 Å². The van der Waals surface area contributed by atoms with Crippen molar-refractivity contribution in [3.63, 3.8) is 0 Å². The number of hydrogen-bond acceptors (Lipinski definition) is 4. The molecule has 0 bridgehead atoms. The molecule has 1 atom stereocenters. The Kier molecular flexibility index (Phi) is 7.15. The van der Waals surface area contributed by atoms with Crippen LogP contribution in [-0.4, -0.2) is 37.2 Å². The SMILES string of the molecule is COCC(CC(=O)c1cc(Br)ccc1F)NC(=O)OC(C)(C)C. The van der Waals surface area contributed by atoms with E-state index in [0.29, 0.717) is 4.47 Å². The van der Waals surface area contributed by atoms with Crippen molar-refractivity contribution in [1.29, 1.82) is 0 Å². The average molecular weight is 390 g/mol. The van der Waals surface area contributed by atoms with Gasteiger partial charge >= 0.3 is 6.09 Å². The van der Waals surface area contributed by atoms with Gasteiger partial charge in [0, 0.05) is 18.0 Å². The minimum atomic E-state index is -0.651. The van der Waals surface area contributed by atoms with E-state index < -0.39 is 29.3 Å². The first-order chi connectivity index (χ1) is 10.6. The van der Waals surface area contributed by atoms with Crippen LogP contribution in [0.5, 0.6) is 0 Å². The molecule has 1 aromatic rings. The Balaban J connectivity index is 2.77. The van der Waals surface area contributed by atoms with Crippen LogP contribution < -0.4 is 5.32 Å². The second-order valence-electron chi connectivity index (χ2n) is 6.05. The van der Waals surface area contributed by atoms with Gasteiger partial charge in [-0.2, -0.15) is 0 Å². The predicted octanol–water partition coefficient (Wildman–Crippen LogP) is 3.70. The van der Waals surface area contributed by atoms with Gasteiger partial charge in [-0.1, -0.05) is 15.9 Å². The minimum absolute atomic E-state index is 0.0357. The van der Waals surface area contributed by atoms with Gasteiger partial charge in [0.1, 0.15) is 11.4 Å². The van der Waals surface area contributed by atoms with Gasteiger partial charge in [0.05, 0.1) is 18.2 Å². The third-order valence-electron chi connectivity index (χ3n) is 2.75. The van der Waals surface area contributed by atoms with Crippen molar-refractivity contribution >= 4 is 27.8 Å². The van der Waals surface area contributed by atoms with Crippen molar-refractivity contribution in [3.8, 4) is 0 Å². The maximum absolute atomic E-state index is 13.8. The van der Waals surface area contributed by atoms with Crippen LogP contribution in [0.4, 0.5) is 9.18 Å². The van der Waals surface area contributed by atoms with Crippen molar-refractivity contribution in [3.05, 3.63) is 34.1 Å². The molecule has 0 aliphatic heterocycles. The number of methoxy groups -OCH3 is 1. The van der Waals surface area contributed by atoms with E-state index in [0.717, 1.165) is 0 Å². The molecule has 0 saturated heterocycles. The Morgan fingerprint density at radius 2 is 2.00 bits per heavy atom. The third kappa shape index (κ3) is 7.09. The van der Waals surface area contributed by atoms with Gasteiger partial charge < -0.3 is 14.8 Å². The number of carbonyl (C=O) groups excluding carboxylic acids is 2. The Morgan fingerprint density at radius 3 is 2.57 bits per heavy atom. The standard InChI is InChI=1S/C16H21BrFNO4/c1-16(2,3)23-15(21)19-11(9-22-4)8-14(20)12-7-10(17)5-6-13(12)18/h5-7,11H,8-9H2,1-4H3,(H,19,21). The van der Waals surface area contributed by atoms with Crippen LogP contribution in [0.15, 0.2) is 22.7 Å². The van der Waals surface area contributed by atoms with Gasteiger partial charge in [-0.05, 0) is 39.0 Å². The molecule has 0 radical (unpaired) electrons. The summed E-state index contributed by atoms with van der Waals surface area (Å²) in [6.07, 6.45) is -0.748. The lowest BCUT2D eigenvalue weighted by Crippen LogP contribution is -2.42. The van der Waals surface area contributed by atoms with Gasteiger partial charge in [0.25, 0.3) is 0 Å². The van der Waals surface area contributed by atoms with Crippen LogP contribution >= 0.6 is 15.9 Å².